The zero-order valence-electron chi connectivity index (χ0n) is 2.34. The van der Waals surface area contributed by atoms with Crippen LogP contribution in [0.4, 0.5) is 0 Å². The van der Waals surface area contributed by atoms with Gasteiger partial charge in [-0.15, -0.1) is 0 Å². The van der Waals surface area contributed by atoms with Gasteiger partial charge in [0, 0.05) is 0 Å². The lowest BCUT2D eigenvalue weighted by Gasteiger charge is -1.59. The summed E-state index contributed by atoms with van der Waals surface area (Å²) in [6.07, 6.45) is -0.167. The lowest BCUT2D eigenvalue weighted by Crippen LogP contribution is -1.91. The zero-order valence-corrected chi connectivity index (χ0v) is 2.34. The molecule has 0 saturated carbocycles. The minimum absolute atomic E-state index is 0. The van der Waals surface area contributed by atoms with Crippen molar-refractivity contribution < 1.29 is 14.7 Å². The van der Waals surface area contributed by atoms with Crippen LogP contribution in [0.1, 0.15) is 0 Å². The third kappa shape index (κ3) is 9.38. The Balaban J connectivity index is 0. The van der Waals surface area contributed by atoms with Gasteiger partial charge in [-0.2, -0.15) is 0 Å². The molecule has 0 spiro atoms. The maximum atomic E-state index is 9.00. The molecule has 0 amide bonds. The molecule has 1 N–H and O–H groups in total. The van der Waals surface area contributed by atoms with Crippen molar-refractivity contribution in [2.45, 2.75) is 0 Å². The first-order chi connectivity index (χ1) is 2.27. The van der Waals surface area contributed by atoms with E-state index in [1.807, 2.05) is 0 Å². The summed E-state index contributed by atoms with van der Waals surface area (Å²) < 4.78 is 0. The third-order valence-corrected chi connectivity index (χ3v) is 0.101. The molecule has 0 aliphatic rings. The molecule has 0 rings (SSSR count). The number of aliphatic carboxylic acids is 1. The fraction of sp³-hybridized carbons (Fsp3) is 0. The van der Waals surface area contributed by atoms with Crippen LogP contribution in [0, 0.1) is 0 Å². The van der Waals surface area contributed by atoms with Gasteiger partial charge in [0.2, 0.25) is 6.29 Å². The molecule has 6 heavy (non-hydrogen) atoms. The molecule has 0 unspecified atom stereocenters. The van der Waals surface area contributed by atoms with Crippen LogP contribution in [0.2, 0.25) is 0 Å². The van der Waals surface area contributed by atoms with E-state index in [1.54, 1.807) is 0 Å². The van der Waals surface area contributed by atoms with Crippen LogP contribution in [-0.2, 0) is 9.59 Å². The Morgan fingerprint density at radius 1 is 1.67 bits per heavy atom. The van der Waals surface area contributed by atoms with E-state index in [0.717, 1.165) is 0 Å². The maximum absolute atomic E-state index is 9.00. The summed E-state index contributed by atoms with van der Waals surface area (Å²) in [5, 5.41) is 7.35. The highest BCUT2D eigenvalue weighted by atomic mass is 27.0. The lowest BCUT2D eigenvalue weighted by molar-refractivity contribution is -0.143. The van der Waals surface area contributed by atoms with Gasteiger partial charge in [0.1, 0.15) is 0 Å². The van der Waals surface area contributed by atoms with Gasteiger partial charge < -0.3 is 5.11 Å². The van der Waals surface area contributed by atoms with E-state index >= 15 is 0 Å². The largest absolute Gasteiger partial charge is 0.476 e. The second kappa shape index (κ2) is 4.67. The fourth-order valence-corrected chi connectivity index (χ4v) is 0. The predicted octanol–water partition coefficient (Wildman–Crippen LogP) is -1.91. The fourth-order valence-electron chi connectivity index (χ4n) is 0. The van der Waals surface area contributed by atoms with E-state index < -0.39 is 5.97 Å². The first-order valence-corrected chi connectivity index (χ1v) is 0.952. The van der Waals surface area contributed by atoms with E-state index in [9.17, 15) is 0 Å². The molecule has 0 aromatic heterocycles. The molecule has 0 saturated heterocycles. The minimum atomic E-state index is -1.43. The Kier molecular flexibility index (Phi) is 7.15. The van der Waals surface area contributed by atoms with Gasteiger partial charge in [0.15, 0.2) is 17.4 Å². The molecule has 0 heterocycles. The first kappa shape index (κ1) is 9.18. The first-order valence-electron chi connectivity index (χ1n) is 0.952. The Labute approximate surface area is 45.1 Å². The number of carbonyl (C=O) groups excluding carboxylic acids is 1. The molecule has 3 nitrogen and oxygen atoms in total. The Morgan fingerprint density at radius 3 is 1.83 bits per heavy atom. The van der Waals surface area contributed by atoms with Crippen LogP contribution >= 0.6 is 0 Å². The van der Waals surface area contributed by atoms with Gasteiger partial charge in [-0.25, -0.2) is 4.79 Å². The van der Waals surface area contributed by atoms with Gasteiger partial charge in [0.05, 0.1) is 0 Å². The number of hydrogen-bond acceptors (Lipinski definition) is 2. The Bertz CT molecular complexity index is 59.8. The summed E-state index contributed by atoms with van der Waals surface area (Å²) in [6.45, 7) is 0. The van der Waals surface area contributed by atoms with Gasteiger partial charge in [0.25, 0.3) is 0 Å². The molecular formula is C2H5AlO3. The highest BCUT2D eigenvalue weighted by molar-refractivity contribution is 6.19. The summed E-state index contributed by atoms with van der Waals surface area (Å²) in [6, 6.07) is 0. The second-order valence-corrected chi connectivity index (χ2v) is 0.456. The van der Waals surface area contributed by atoms with Crippen molar-refractivity contribution in [2.75, 3.05) is 0 Å². The van der Waals surface area contributed by atoms with Crippen molar-refractivity contribution in [3.63, 3.8) is 0 Å². The molecule has 0 fully saturated rings. The van der Waals surface area contributed by atoms with Crippen LogP contribution in [0.15, 0.2) is 0 Å². The molecule has 0 aromatic carbocycles. The lowest BCUT2D eigenvalue weighted by atomic mass is 10.8. The van der Waals surface area contributed by atoms with E-state index in [1.165, 1.54) is 0 Å². The molecule has 4 heteroatoms. The molecule has 0 aromatic rings. The smallest absolute Gasteiger partial charge is 0.368 e. The summed E-state index contributed by atoms with van der Waals surface area (Å²) in [7, 11) is 0. The van der Waals surface area contributed by atoms with Crippen LogP contribution in [-0.4, -0.2) is 34.7 Å². The average Bonchev–Trinajstić information content (AvgIpc) is 1.38. The summed E-state index contributed by atoms with van der Waals surface area (Å²) in [5.41, 5.74) is 0. The number of rotatable bonds is 1. The molecular weight excluding hydrogens is 99.0 g/mol. The summed E-state index contributed by atoms with van der Waals surface area (Å²) in [4.78, 5) is 17.9. The van der Waals surface area contributed by atoms with Crippen molar-refractivity contribution in [3.8, 4) is 0 Å². The predicted molar refractivity (Wildman–Crippen MR) is 23.6 cm³/mol. The second-order valence-electron chi connectivity index (χ2n) is 0.456. The summed E-state index contributed by atoms with van der Waals surface area (Å²) >= 11 is 0. The molecule has 0 atom stereocenters. The van der Waals surface area contributed by atoms with E-state index in [-0.39, 0.29) is 23.6 Å². The van der Waals surface area contributed by atoms with E-state index in [0.29, 0.717) is 0 Å². The molecule has 0 aliphatic carbocycles. The van der Waals surface area contributed by atoms with Crippen LogP contribution in [0.3, 0.4) is 0 Å². The normalized spacial score (nSPS) is 5.33. The zero-order chi connectivity index (χ0) is 4.28. The Morgan fingerprint density at radius 2 is 1.83 bits per heavy atom. The van der Waals surface area contributed by atoms with Gasteiger partial charge in [-0.05, 0) is 0 Å². The van der Waals surface area contributed by atoms with Crippen LogP contribution < -0.4 is 0 Å². The van der Waals surface area contributed by atoms with E-state index in [2.05, 4.69) is 0 Å². The van der Waals surface area contributed by atoms with Crippen LogP contribution in [0.5, 0.6) is 0 Å². The number of carboxylic acids is 1. The van der Waals surface area contributed by atoms with Crippen LogP contribution in [0.25, 0.3) is 0 Å². The molecule has 34 valence electrons. The quantitative estimate of drug-likeness (QED) is 0.240. The van der Waals surface area contributed by atoms with Crippen molar-refractivity contribution >= 4 is 29.6 Å². The summed E-state index contributed by atoms with van der Waals surface area (Å²) in [5.74, 6) is -1.43. The van der Waals surface area contributed by atoms with Crippen molar-refractivity contribution in [2.24, 2.45) is 0 Å². The van der Waals surface area contributed by atoms with Gasteiger partial charge in [-0.3, -0.25) is 4.79 Å². The SMILES string of the molecule is O=CC(=O)O.[AlH3]. The maximum Gasteiger partial charge on any atom is 0.368 e. The minimum Gasteiger partial charge on any atom is -0.476 e. The molecule has 0 aliphatic heterocycles. The van der Waals surface area contributed by atoms with Crippen molar-refractivity contribution in [3.05, 3.63) is 0 Å². The van der Waals surface area contributed by atoms with Crippen molar-refractivity contribution in [1.29, 1.82) is 0 Å². The molecule has 0 radical (unpaired) electrons. The van der Waals surface area contributed by atoms with Gasteiger partial charge >= 0.3 is 5.97 Å². The number of carbonyl (C=O) groups is 2. The highest BCUT2D eigenvalue weighted by Gasteiger charge is 1.80. The number of hydrogen-bond donors (Lipinski definition) is 1. The standard InChI is InChI=1S/C2H2O3.Al.3H/c3-1-2(4)5;;;;/h1H,(H,4,5);;;;. The highest BCUT2D eigenvalue weighted by Crippen LogP contribution is 1.39. The molecule has 0 bridgehead atoms. The average molecular weight is 104 g/mol. The Hall–Kier alpha value is -0.328. The number of carboxylic acid groups (broad SMARTS) is 1. The van der Waals surface area contributed by atoms with E-state index in [4.69, 9.17) is 14.7 Å². The topological polar surface area (TPSA) is 54.4 Å². The third-order valence-electron chi connectivity index (χ3n) is 0.101. The van der Waals surface area contributed by atoms with Gasteiger partial charge in [-0.1, -0.05) is 0 Å². The van der Waals surface area contributed by atoms with Crippen molar-refractivity contribution in [1.82, 2.24) is 0 Å². The number of aldehydes is 1. The monoisotopic (exact) mass is 104 g/mol.